The zero-order valence-corrected chi connectivity index (χ0v) is 14.4. The van der Waals surface area contributed by atoms with Crippen molar-refractivity contribution in [2.24, 2.45) is 0 Å². The highest BCUT2D eigenvalue weighted by Gasteiger charge is 2.27. The standard InChI is InChI=1S/C18H19N3O5/c1-3-20(4-2)13-10-8-12(9-11-13)19-17(22)16-14(18(23)24)6-5-7-15(16)21(25)26/h5-11H,3-4H2,1-2H3,(H,19,22)(H,23,24). The second-order valence-corrected chi connectivity index (χ2v) is 5.44. The average Bonchev–Trinajstić information content (AvgIpc) is 2.63. The van der Waals surface area contributed by atoms with Crippen molar-refractivity contribution < 1.29 is 19.6 Å². The van der Waals surface area contributed by atoms with Crippen LogP contribution in [0.4, 0.5) is 17.1 Å². The quantitative estimate of drug-likeness (QED) is 0.580. The van der Waals surface area contributed by atoms with E-state index in [1.807, 2.05) is 26.0 Å². The summed E-state index contributed by atoms with van der Waals surface area (Å²) in [6.45, 7) is 5.73. The van der Waals surface area contributed by atoms with Gasteiger partial charge in [-0.05, 0) is 44.2 Å². The van der Waals surface area contributed by atoms with E-state index in [1.54, 1.807) is 12.1 Å². The maximum absolute atomic E-state index is 12.5. The van der Waals surface area contributed by atoms with Gasteiger partial charge in [-0.1, -0.05) is 6.07 Å². The van der Waals surface area contributed by atoms with Gasteiger partial charge in [0, 0.05) is 30.5 Å². The van der Waals surface area contributed by atoms with Gasteiger partial charge in [0.1, 0.15) is 5.56 Å². The first-order chi connectivity index (χ1) is 12.4. The number of carboxylic acid groups (broad SMARTS) is 1. The van der Waals surface area contributed by atoms with E-state index in [1.165, 1.54) is 6.07 Å². The Bertz CT molecular complexity index is 797. The molecule has 0 heterocycles. The summed E-state index contributed by atoms with van der Waals surface area (Å²) in [5.41, 5.74) is -0.0539. The van der Waals surface area contributed by atoms with E-state index < -0.39 is 33.6 Å². The number of benzene rings is 2. The molecule has 2 rings (SSSR count). The molecule has 0 fully saturated rings. The molecule has 0 saturated heterocycles. The lowest BCUT2D eigenvalue weighted by atomic mass is 10.0. The summed E-state index contributed by atoms with van der Waals surface area (Å²) in [6.07, 6.45) is 0. The zero-order valence-electron chi connectivity index (χ0n) is 14.4. The van der Waals surface area contributed by atoms with Gasteiger partial charge in [0.05, 0.1) is 10.5 Å². The summed E-state index contributed by atoms with van der Waals surface area (Å²) < 4.78 is 0. The number of carbonyl (C=O) groups is 2. The van der Waals surface area contributed by atoms with Crippen molar-refractivity contribution in [2.45, 2.75) is 13.8 Å². The summed E-state index contributed by atoms with van der Waals surface area (Å²) in [6, 6.07) is 10.5. The van der Waals surface area contributed by atoms with E-state index in [9.17, 15) is 24.8 Å². The lowest BCUT2D eigenvalue weighted by Crippen LogP contribution is -2.22. The predicted molar refractivity (Wildman–Crippen MR) is 98.0 cm³/mol. The number of carboxylic acids is 1. The van der Waals surface area contributed by atoms with Crippen molar-refractivity contribution in [1.29, 1.82) is 0 Å². The first-order valence-corrected chi connectivity index (χ1v) is 8.06. The minimum absolute atomic E-state index is 0.417. The maximum Gasteiger partial charge on any atom is 0.336 e. The molecule has 2 aromatic rings. The molecule has 0 aliphatic carbocycles. The van der Waals surface area contributed by atoms with E-state index in [-0.39, 0.29) is 0 Å². The number of carbonyl (C=O) groups excluding carboxylic acids is 1. The molecule has 136 valence electrons. The normalized spacial score (nSPS) is 10.2. The van der Waals surface area contributed by atoms with Crippen LogP contribution in [0.25, 0.3) is 0 Å². The molecule has 0 aliphatic heterocycles. The highest BCUT2D eigenvalue weighted by atomic mass is 16.6. The molecule has 0 spiro atoms. The Balaban J connectivity index is 2.33. The van der Waals surface area contributed by atoms with Crippen LogP contribution in [0, 0.1) is 10.1 Å². The Hall–Kier alpha value is -3.42. The highest BCUT2D eigenvalue weighted by Crippen LogP contribution is 2.25. The molecule has 2 N–H and O–H groups in total. The van der Waals surface area contributed by atoms with Crippen LogP contribution in [0.15, 0.2) is 42.5 Å². The van der Waals surface area contributed by atoms with Gasteiger partial charge in [0.2, 0.25) is 0 Å². The fourth-order valence-corrected chi connectivity index (χ4v) is 2.65. The second kappa shape index (κ2) is 8.11. The number of anilines is 2. The molecule has 8 heteroatoms. The predicted octanol–water partition coefficient (Wildman–Crippen LogP) is 3.39. The number of nitro benzene ring substituents is 1. The number of amides is 1. The Morgan fingerprint density at radius 1 is 1.12 bits per heavy atom. The third-order valence-corrected chi connectivity index (χ3v) is 3.95. The van der Waals surface area contributed by atoms with Crippen LogP contribution < -0.4 is 10.2 Å². The number of hydrogen-bond acceptors (Lipinski definition) is 5. The lowest BCUT2D eigenvalue weighted by Gasteiger charge is -2.21. The Labute approximate surface area is 150 Å². The van der Waals surface area contributed by atoms with Crippen molar-refractivity contribution in [2.75, 3.05) is 23.3 Å². The van der Waals surface area contributed by atoms with Crippen LogP contribution in [0.2, 0.25) is 0 Å². The summed E-state index contributed by atoms with van der Waals surface area (Å²) >= 11 is 0. The fraction of sp³-hybridized carbons (Fsp3) is 0.222. The van der Waals surface area contributed by atoms with E-state index >= 15 is 0 Å². The van der Waals surface area contributed by atoms with Gasteiger partial charge >= 0.3 is 5.97 Å². The first kappa shape index (κ1) is 18.9. The van der Waals surface area contributed by atoms with Gasteiger partial charge < -0.3 is 15.3 Å². The first-order valence-electron chi connectivity index (χ1n) is 8.06. The van der Waals surface area contributed by atoms with Crippen molar-refractivity contribution >= 4 is 28.9 Å². The molecular formula is C18H19N3O5. The van der Waals surface area contributed by atoms with Gasteiger partial charge in [-0.3, -0.25) is 14.9 Å². The molecule has 1 amide bonds. The molecule has 0 bridgehead atoms. The van der Waals surface area contributed by atoms with Crippen LogP contribution in [-0.2, 0) is 0 Å². The number of nitro groups is 1. The number of rotatable bonds is 7. The van der Waals surface area contributed by atoms with Crippen molar-refractivity contribution in [3.8, 4) is 0 Å². The number of nitrogens with zero attached hydrogens (tertiary/aromatic N) is 2. The molecule has 0 aromatic heterocycles. The lowest BCUT2D eigenvalue weighted by molar-refractivity contribution is -0.385. The van der Waals surface area contributed by atoms with Crippen LogP contribution in [-0.4, -0.2) is 35.0 Å². The number of hydrogen-bond donors (Lipinski definition) is 2. The monoisotopic (exact) mass is 357 g/mol. The van der Waals surface area contributed by atoms with Crippen LogP contribution in [0.5, 0.6) is 0 Å². The second-order valence-electron chi connectivity index (χ2n) is 5.44. The molecule has 0 atom stereocenters. The van der Waals surface area contributed by atoms with Gasteiger partial charge in [-0.2, -0.15) is 0 Å². The Morgan fingerprint density at radius 3 is 2.23 bits per heavy atom. The molecule has 0 saturated carbocycles. The fourth-order valence-electron chi connectivity index (χ4n) is 2.65. The largest absolute Gasteiger partial charge is 0.478 e. The molecule has 0 unspecified atom stereocenters. The zero-order chi connectivity index (χ0) is 19.3. The van der Waals surface area contributed by atoms with E-state index in [0.29, 0.717) is 5.69 Å². The molecule has 2 aromatic carbocycles. The summed E-state index contributed by atoms with van der Waals surface area (Å²) in [7, 11) is 0. The van der Waals surface area contributed by atoms with E-state index in [0.717, 1.165) is 30.9 Å². The van der Waals surface area contributed by atoms with Crippen LogP contribution in [0.3, 0.4) is 0 Å². The summed E-state index contributed by atoms with van der Waals surface area (Å²) in [5.74, 6) is -2.25. The summed E-state index contributed by atoms with van der Waals surface area (Å²) in [4.78, 5) is 36.4. The third kappa shape index (κ3) is 3.97. The van der Waals surface area contributed by atoms with Crippen LogP contribution >= 0.6 is 0 Å². The van der Waals surface area contributed by atoms with Crippen molar-refractivity contribution in [1.82, 2.24) is 0 Å². The highest BCUT2D eigenvalue weighted by molar-refractivity contribution is 6.13. The van der Waals surface area contributed by atoms with E-state index in [2.05, 4.69) is 10.2 Å². The Morgan fingerprint density at radius 2 is 1.73 bits per heavy atom. The SMILES string of the molecule is CCN(CC)c1ccc(NC(=O)c2c(C(=O)O)cccc2[N+](=O)[O-])cc1. The number of aromatic carboxylic acids is 1. The van der Waals surface area contributed by atoms with Crippen LogP contribution in [0.1, 0.15) is 34.6 Å². The van der Waals surface area contributed by atoms with Crippen molar-refractivity contribution in [3.63, 3.8) is 0 Å². The maximum atomic E-state index is 12.5. The third-order valence-electron chi connectivity index (χ3n) is 3.95. The summed E-state index contributed by atoms with van der Waals surface area (Å²) in [5, 5.41) is 22.9. The topological polar surface area (TPSA) is 113 Å². The minimum Gasteiger partial charge on any atom is -0.478 e. The molecule has 8 nitrogen and oxygen atoms in total. The molecular weight excluding hydrogens is 338 g/mol. The van der Waals surface area contributed by atoms with Gasteiger partial charge in [-0.15, -0.1) is 0 Å². The van der Waals surface area contributed by atoms with Crippen molar-refractivity contribution in [3.05, 3.63) is 63.7 Å². The Kier molecular flexibility index (Phi) is 5.90. The van der Waals surface area contributed by atoms with Gasteiger partial charge in [-0.25, -0.2) is 4.79 Å². The smallest absolute Gasteiger partial charge is 0.336 e. The minimum atomic E-state index is -1.41. The van der Waals surface area contributed by atoms with Gasteiger partial charge in [0.25, 0.3) is 11.6 Å². The molecule has 0 radical (unpaired) electrons. The molecule has 0 aliphatic rings. The average molecular weight is 357 g/mol. The molecule has 26 heavy (non-hydrogen) atoms. The van der Waals surface area contributed by atoms with Gasteiger partial charge in [0.15, 0.2) is 0 Å². The number of nitrogens with one attached hydrogen (secondary N) is 1. The van der Waals surface area contributed by atoms with E-state index in [4.69, 9.17) is 0 Å².